The van der Waals surface area contributed by atoms with Gasteiger partial charge in [-0.1, -0.05) is 38.1 Å². The van der Waals surface area contributed by atoms with Crippen LogP contribution < -0.4 is 5.32 Å². The van der Waals surface area contributed by atoms with Gasteiger partial charge in [0.1, 0.15) is 0 Å². The van der Waals surface area contributed by atoms with Crippen LogP contribution in [0.5, 0.6) is 0 Å². The summed E-state index contributed by atoms with van der Waals surface area (Å²) in [4.78, 5) is 17.8. The summed E-state index contributed by atoms with van der Waals surface area (Å²) in [5.41, 5.74) is 2.52. The minimum absolute atomic E-state index is 0.156. The van der Waals surface area contributed by atoms with Gasteiger partial charge >= 0.3 is 6.09 Å². The van der Waals surface area contributed by atoms with Crippen LogP contribution in [-0.2, 0) is 4.74 Å². The summed E-state index contributed by atoms with van der Waals surface area (Å²) in [6.07, 6.45) is -0.459. The molecule has 5 nitrogen and oxygen atoms in total. The Kier molecular flexibility index (Phi) is 4.83. The monoisotopic (exact) mass is 289 g/mol. The first-order valence-corrected chi connectivity index (χ1v) is 7.33. The molecule has 0 saturated heterocycles. The van der Waals surface area contributed by atoms with Gasteiger partial charge in [0, 0.05) is 7.05 Å². The number of hydrogen-bond donors (Lipinski definition) is 1. The van der Waals surface area contributed by atoms with Crippen molar-refractivity contribution in [1.82, 2.24) is 10.2 Å². The molecular weight excluding hydrogens is 266 g/mol. The number of aliphatic imine (C=N–C) groups is 1. The predicted molar refractivity (Wildman–Crippen MR) is 83.5 cm³/mol. The number of ether oxygens (including phenoxy) is 1. The largest absolute Gasteiger partial charge is 0.450 e. The maximum Gasteiger partial charge on any atom is 0.413 e. The van der Waals surface area contributed by atoms with Crippen molar-refractivity contribution in [1.29, 1.82) is 0 Å². The van der Waals surface area contributed by atoms with E-state index in [-0.39, 0.29) is 6.04 Å². The van der Waals surface area contributed by atoms with E-state index in [2.05, 4.69) is 48.4 Å². The van der Waals surface area contributed by atoms with Gasteiger partial charge in [-0.3, -0.25) is 10.3 Å². The summed E-state index contributed by atoms with van der Waals surface area (Å²) in [6, 6.07) is 8.75. The Morgan fingerprint density at radius 2 is 2.10 bits per heavy atom. The van der Waals surface area contributed by atoms with E-state index in [1.165, 1.54) is 11.1 Å². The molecule has 1 amide bonds. The maximum atomic E-state index is 11.5. The van der Waals surface area contributed by atoms with Gasteiger partial charge in [-0.2, -0.15) is 0 Å². The van der Waals surface area contributed by atoms with E-state index in [1.807, 2.05) is 11.9 Å². The van der Waals surface area contributed by atoms with Crippen LogP contribution in [0.1, 0.15) is 43.9 Å². The fourth-order valence-corrected chi connectivity index (χ4v) is 2.37. The van der Waals surface area contributed by atoms with E-state index < -0.39 is 6.09 Å². The number of alkyl carbamates (subject to hydrolysis) is 1. The highest BCUT2D eigenvalue weighted by Gasteiger charge is 2.27. The van der Waals surface area contributed by atoms with Crippen LogP contribution in [0.15, 0.2) is 29.3 Å². The number of rotatable bonds is 3. The quantitative estimate of drug-likeness (QED) is 0.931. The maximum absolute atomic E-state index is 11.5. The molecule has 1 aliphatic heterocycles. The van der Waals surface area contributed by atoms with Crippen molar-refractivity contribution in [3.63, 3.8) is 0 Å². The lowest BCUT2D eigenvalue weighted by Gasteiger charge is -2.23. The third kappa shape index (κ3) is 3.54. The number of guanidine groups is 1. The average molecular weight is 289 g/mol. The molecule has 0 radical (unpaired) electrons. The third-order valence-corrected chi connectivity index (χ3v) is 3.69. The van der Waals surface area contributed by atoms with Crippen molar-refractivity contribution >= 4 is 12.1 Å². The number of nitrogens with one attached hydrogen (secondary N) is 1. The molecule has 1 heterocycles. The molecule has 0 fully saturated rings. The molecule has 0 saturated carbocycles. The minimum atomic E-state index is -0.459. The fourth-order valence-electron chi connectivity index (χ4n) is 2.37. The van der Waals surface area contributed by atoms with Crippen molar-refractivity contribution in [3.8, 4) is 0 Å². The molecule has 114 valence electrons. The fraction of sp³-hybridized carbons (Fsp3) is 0.500. The Bertz CT molecular complexity index is 523. The minimum Gasteiger partial charge on any atom is -0.450 e. The van der Waals surface area contributed by atoms with Crippen LogP contribution in [0.3, 0.4) is 0 Å². The van der Waals surface area contributed by atoms with E-state index in [9.17, 15) is 4.79 Å². The average Bonchev–Trinajstić information content (AvgIpc) is 2.80. The van der Waals surface area contributed by atoms with Crippen LogP contribution in [-0.4, -0.2) is 37.2 Å². The first kappa shape index (κ1) is 15.4. The molecule has 5 heteroatoms. The Labute approximate surface area is 126 Å². The molecule has 0 aromatic heterocycles. The van der Waals surface area contributed by atoms with E-state index in [4.69, 9.17) is 4.74 Å². The molecule has 1 atom stereocenters. The van der Waals surface area contributed by atoms with E-state index >= 15 is 0 Å². The lowest BCUT2D eigenvalue weighted by Crippen LogP contribution is -2.40. The van der Waals surface area contributed by atoms with Gasteiger partial charge in [0.05, 0.1) is 19.2 Å². The third-order valence-electron chi connectivity index (χ3n) is 3.69. The SMILES string of the molecule is CCOC(=O)NC1=NCC(c2ccc(C(C)C)cc2)N1C. The first-order chi connectivity index (χ1) is 10.0. The zero-order chi connectivity index (χ0) is 15.4. The van der Waals surface area contributed by atoms with Gasteiger partial charge in [-0.15, -0.1) is 0 Å². The zero-order valence-corrected chi connectivity index (χ0v) is 13.1. The highest BCUT2D eigenvalue weighted by Crippen LogP contribution is 2.26. The van der Waals surface area contributed by atoms with Crippen molar-refractivity contribution in [3.05, 3.63) is 35.4 Å². The Hall–Kier alpha value is -2.04. The number of carbonyl (C=O) groups is 1. The molecule has 1 aliphatic rings. The predicted octanol–water partition coefficient (Wildman–Crippen LogP) is 2.90. The number of amides is 1. The van der Waals surface area contributed by atoms with Crippen molar-refractivity contribution < 1.29 is 9.53 Å². The zero-order valence-electron chi connectivity index (χ0n) is 13.1. The van der Waals surface area contributed by atoms with Gasteiger partial charge < -0.3 is 9.64 Å². The lowest BCUT2D eigenvalue weighted by atomic mass is 9.99. The number of carbonyl (C=O) groups excluding carboxylic acids is 1. The smallest absolute Gasteiger partial charge is 0.413 e. The van der Waals surface area contributed by atoms with Crippen molar-refractivity contribution in [2.75, 3.05) is 20.2 Å². The van der Waals surface area contributed by atoms with Gasteiger partial charge in [0.2, 0.25) is 5.96 Å². The highest BCUT2D eigenvalue weighted by molar-refractivity contribution is 5.94. The summed E-state index contributed by atoms with van der Waals surface area (Å²) < 4.78 is 4.88. The lowest BCUT2D eigenvalue weighted by molar-refractivity contribution is 0.156. The van der Waals surface area contributed by atoms with E-state index in [0.717, 1.165) is 0 Å². The second-order valence-electron chi connectivity index (χ2n) is 5.46. The van der Waals surface area contributed by atoms with Gasteiger partial charge in [0.15, 0.2) is 0 Å². The molecule has 2 rings (SSSR count). The number of benzene rings is 1. The molecule has 1 unspecified atom stereocenters. The van der Waals surface area contributed by atoms with Crippen molar-refractivity contribution in [2.45, 2.75) is 32.7 Å². The highest BCUT2D eigenvalue weighted by atomic mass is 16.5. The normalized spacial score (nSPS) is 17.9. The van der Waals surface area contributed by atoms with Crippen molar-refractivity contribution in [2.24, 2.45) is 4.99 Å². The summed E-state index contributed by atoms with van der Waals surface area (Å²) in [6.45, 7) is 7.13. The topological polar surface area (TPSA) is 53.9 Å². The number of likely N-dealkylation sites (N-methyl/N-ethyl adjacent to an activating group) is 1. The molecule has 1 N–H and O–H groups in total. The van der Waals surface area contributed by atoms with Crippen LogP contribution in [0.25, 0.3) is 0 Å². The Morgan fingerprint density at radius 1 is 1.43 bits per heavy atom. The summed E-state index contributed by atoms with van der Waals surface area (Å²) in [7, 11) is 1.93. The molecule has 0 aliphatic carbocycles. The molecule has 1 aromatic rings. The summed E-state index contributed by atoms with van der Waals surface area (Å²) in [5.74, 6) is 1.09. The van der Waals surface area contributed by atoms with Gasteiger partial charge in [0.25, 0.3) is 0 Å². The standard InChI is InChI=1S/C16H23N3O2/c1-5-21-16(20)18-15-17-10-14(19(15)4)13-8-6-12(7-9-13)11(2)3/h6-9,11,14H,5,10H2,1-4H3,(H,17,18,20). The Balaban J connectivity index is 2.02. The van der Waals surface area contributed by atoms with Crippen LogP contribution >= 0.6 is 0 Å². The van der Waals surface area contributed by atoms with E-state index in [0.29, 0.717) is 25.0 Å². The molecule has 0 bridgehead atoms. The summed E-state index contributed by atoms with van der Waals surface area (Å²) in [5, 5.41) is 2.67. The van der Waals surface area contributed by atoms with Crippen LogP contribution in [0.2, 0.25) is 0 Å². The second-order valence-corrected chi connectivity index (χ2v) is 5.46. The molecule has 0 spiro atoms. The van der Waals surface area contributed by atoms with Gasteiger partial charge in [-0.05, 0) is 24.0 Å². The number of nitrogens with zero attached hydrogens (tertiary/aromatic N) is 2. The molecule has 1 aromatic carbocycles. The summed E-state index contributed by atoms with van der Waals surface area (Å²) >= 11 is 0. The molecular formula is C16H23N3O2. The first-order valence-electron chi connectivity index (χ1n) is 7.33. The van der Waals surface area contributed by atoms with Crippen LogP contribution in [0, 0.1) is 0 Å². The second kappa shape index (κ2) is 6.61. The van der Waals surface area contributed by atoms with Gasteiger partial charge in [-0.25, -0.2) is 4.79 Å². The van der Waals surface area contributed by atoms with Crippen LogP contribution in [0.4, 0.5) is 4.79 Å². The molecule has 21 heavy (non-hydrogen) atoms. The Morgan fingerprint density at radius 3 is 2.67 bits per heavy atom. The number of hydrogen-bond acceptors (Lipinski definition) is 4. The van der Waals surface area contributed by atoms with E-state index in [1.54, 1.807) is 6.92 Å².